The zero-order valence-corrected chi connectivity index (χ0v) is 18.4. The van der Waals surface area contributed by atoms with Gasteiger partial charge in [0.2, 0.25) is 17.7 Å². The van der Waals surface area contributed by atoms with Crippen molar-refractivity contribution >= 4 is 11.8 Å². The molecule has 1 saturated heterocycles. The molecule has 2 heterocycles. The second-order valence-corrected chi connectivity index (χ2v) is 9.48. The van der Waals surface area contributed by atoms with E-state index in [2.05, 4.69) is 30.9 Å². The largest absolute Gasteiger partial charge is 0.340 e. The number of carbonyl (C=O) groups excluding carboxylic acids is 2. The van der Waals surface area contributed by atoms with Gasteiger partial charge in [0.15, 0.2) is 5.82 Å². The lowest BCUT2D eigenvalue weighted by molar-refractivity contribution is -0.142. The highest BCUT2D eigenvalue weighted by molar-refractivity contribution is 5.83. The number of carbonyl (C=O) groups is 2. The molecule has 1 aliphatic carbocycles. The highest BCUT2D eigenvalue weighted by Gasteiger charge is 2.41. The fourth-order valence-electron chi connectivity index (χ4n) is 4.75. The van der Waals surface area contributed by atoms with Crippen LogP contribution in [0.4, 0.5) is 0 Å². The first-order chi connectivity index (χ1) is 13.8. The fourth-order valence-corrected chi connectivity index (χ4v) is 4.75. The molecule has 1 atom stereocenters. The van der Waals surface area contributed by atoms with Crippen molar-refractivity contribution in [2.75, 3.05) is 19.6 Å². The van der Waals surface area contributed by atoms with Crippen molar-refractivity contribution < 1.29 is 14.1 Å². The van der Waals surface area contributed by atoms with Gasteiger partial charge < -0.3 is 14.3 Å². The molecule has 2 amide bonds. The molecule has 0 spiro atoms. The van der Waals surface area contributed by atoms with Crippen LogP contribution in [0, 0.1) is 11.3 Å². The Hall–Kier alpha value is -1.92. The second-order valence-electron chi connectivity index (χ2n) is 9.48. The molecule has 0 aromatic carbocycles. The Morgan fingerprint density at radius 2 is 2.00 bits per heavy atom. The van der Waals surface area contributed by atoms with Gasteiger partial charge in [-0.05, 0) is 25.2 Å². The topological polar surface area (TPSA) is 79.5 Å². The standard InChI is InChI=1S/C22H36N4O3/c1-16(2)14-20-23-19(24-29-20)9-13-26(17(3)27)18-8-12-25(15-18)21(28)22(4)10-6-5-7-11-22/h16,18H,5-15H2,1-4H3. The molecule has 0 bridgehead atoms. The van der Waals surface area contributed by atoms with Crippen molar-refractivity contribution in [2.45, 2.75) is 85.1 Å². The highest BCUT2D eigenvalue weighted by atomic mass is 16.5. The van der Waals surface area contributed by atoms with E-state index in [9.17, 15) is 9.59 Å². The molecule has 1 unspecified atom stereocenters. The van der Waals surface area contributed by atoms with E-state index >= 15 is 0 Å². The van der Waals surface area contributed by atoms with Gasteiger partial charge in [-0.25, -0.2) is 0 Å². The third-order valence-corrected chi connectivity index (χ3v) is 6.44. The predicted molar refractivity (Wildman–Crippen MR) is 110 cm³/mol. The lowest BCUT2D eigenvalue weighted by Crippen LogP contribution is -2.46. The normalized spacial score (nSPS) is 21.6. The molecule has 0 N–H and O–H groups in total. The van der Waals surface area contributed by atoms with E-state index in [1.54, 1.807) is 6.92 Å². The fraction of sp³-hybridized carbons (Fsp3) is 0.818. The van der Waals surface area contributed by atoms with Gasteiger partial charge in [-0.1, -0.05) is 45.2 Å². The highest BCUT2D eigenvalue weighted by Crippen LogP contribution is 2.38. The van der Waals surface area contributed by atoms with Crippen molar-refractivity contribution in [1.82, 2.24) is 19.9 Å². The van der Waals surface area contributed by atoms with Crippen LogP contribution in [-0.4, -0.2) is 57.4 Å². The molecule has 0 radical (unpaired) electrons. The summed E-state index contributed by atoms with van der Waals surface area (Å²) in [5, 5.41) is 4.05. The summed E-state index contributed by atoms with van der Waals surface area (Å²) in [5.41, 5.74) is -0.217. The first-order valence-electron chi connectivity index (χ1n) is 11.2. The summed E-state index contributed by atoms with van der Waals surface area (Å²) in [7, 11) is 0. The number of nitrogens with zero attached hydrogens (tertiary/aromatic N) is 4. The van der Waals surface area contributed by atoms with Gasteiger partial charge >= 0.3 is 0 Å². The molecule has 1 saturated carbocycles. The Labute approximate surface area is 174 Å². The van der Waals surface area contributed by atoms with Crippen LogP contribution in [-0.2, 0) is 22.4 Å². The van der Waals surface area contributed by atoms with E-state index in [4.69, 9.17) is 4.52 Å². The average molecular weight is 405 g/mol. The second kappa shape index (κ2) is 9.26. The third kappa shape index (κ3) is 5.37. The smallest absolute Gasteiger partial charge is 0.228 e. The summed E-state index contributed by atoms with van der Waals surface area (Å²) in [6.45, 7) is 9.88. The maximum absolute atomic E-state index is 13.1. The number of hydrogen-bond acceptors (Lipinski definition) is 5. The summed E-state index contributed by atoms with van der Waals surface area (Å²) in [6, 6.07) is 0.0747. The van der Waals surface area contributed by atoms with Crippen LogP contribution >= 0.6 is 0 Å². The van der Waals surface area contributed by atoms with Gasteiger partial charge in [-0.3, -0.25) is 9.59 Å². The molecule has 2 aliphatic rings. The molecular weight excluding hydrogens is 368 g/mol. The molecule has 29 heavy (non-hydrogen) atoms. The number of hydrogen-bond donors (Lipinski definition) is 0. The molecule has 1 aliphatic heterocycles. The average Bonchev–Trinajstić information content (AvgIpc) is 3.31. The van der Waals surface area contributed by atoms with Crippen molar-refractivity contribution in [3.05, 3.63) is 11.7 Å². The summed E-state index contributed by atoms with van der Waals surface area (Å²) in [4.78, 5) is 33.7. The van der Waals surface area contributed by atoms with E-state index < -0.39 is 0 Å². The van der Waals surface area contributed by atoms with Crippen LogP contribution in [0.5, 0.6) is 0 Å². The minimum atomic E-state index is -0.217. The SMILES string of the molecule is CC(=O)N(CCc1noc(CC(C)C)n1)C1CCN(C(=O)C2(C)CCCCC2)C1. The number of rotatable bonds is 7. The van der Waals surface area contributed by atoms with Crippen LogP contribution in [0.3, 0.4) is 0 Å². The van der Waals surface area contributed by atoms with Gasteiger partial charge in [0.25, 0.3) is 0 Å². The van der Waals surface area contributed by atoms with E-state index in [0.29, 0.717) is 37.1 Å². The Kier molecular flexibility index (Phi) is 6.96. The van der Waals surface area contributed by atoms with Crippen molar-refractivity contribution in [1.29, 1.82) is 0 Å². The maximum Gasteiger partial charge on any atom is 0.228 e. The van der Waals surface area contributed by atoms with E-state index in [0.717, 1.165) is 45.1 Å². The minimum absolute atomic E-state index is 0.0408. The Morgan fingerprint density at radius 3 is 2.66 bits per heavy atom. The minimum Gasteiger partial charge on any atom is -0.340 e. The Bertz CT molecular complexity index is 709. The summed E-state index contributed by atoms with van der Waals surface area (Å²) in [6.07, 6.45) is 7.67. The molecule has 1 aromatic heterocycles. The Morgan fingerprint density at radius 1 is 1.28 bits per heavy atom. The molecule has 162 valence electrons. The van der Waals surface area contributed by atoms with Crippen molar-refractivity contribution in [2.24, 2.45) is 11.3 Å². The zero-order chi connectivity index (χ0) is 21.0. The first kappa shape index (κ1) is 21.8. The Balaban J connectivity index is 1.56. The number of aromatic nitrogens is 2. The van der Waals surface area contributed by atoms with E-state index in [1.165, 1.54) is 6.42 Å². The van der Waals surface area contributed by atoms with Crippen LogP contribution in [0.25, 0.3) is 0 Å². The summed E-state index contributed by atoms with van der Waals surface area (Å²) < 4.78 is 5.30. The lowest BCUT2D eigenvalue weighted by atomic mass is 9.74. The number of likely N-dealkylation sites (tertiary alicyclic amines) is 1. The third-order valence-electron chi connectivity index (χ3n) is 6.44. The van der Waals surface area contributed by atoms with Crippen LogP contribution in [0.2, 0.25) is 0 Å². The van der Waals surface area contributed by atoms with Crippen LogP contribution < -0.4 is 0 Å². The van der Waals surface area contributed by atoms with Crippen LogP contribution in [0.15, 0.2) is 4.52 Å². The lowest BCUT2D eigenvalue weighted by Gasteiger charge is -2.36. The summed E-state index contributed by atoms with van der Waals surface area (Å²) >= 11 is 0. The van der Waals surface area contributed by atoms with Gasteiger partial charge in [0.05, 0.1) is 6.04 Å². The van der Waals surface area contributed by atoms with Gasteiger partial charge in [-0.2, -0.15) is 4.98 Å². The van der Waals surface area contributed by atoms with Crippen molar-refractivity contribution in [3.8, 4) is 0 Å². The molecule has 7 heteroatoms. The van der Waals surface area contributed by atoms with Crippen molar-refractivity contribution in [3.63, 3.8) is 0 Å². The first-order valence-corrected chi connectivity index (χ1v) is 11.2. The molecule has 2 fully saturated rings. The zero-order valence-electron chi connectivity index (χ0n) is 18.4. The van der Waals surface area contributed by atoms with E-state index in [-0.39, 0.29) is 23.3 Å². The predicted octanol–water partition coefficient (Wildman–Crippen LogP) is 3.23. The molecular formula is C22H36N4O3. The summed E-state index contributed by atoms with van der Waals surface area (Å²) in [5.74, 6) is 2.08. The van der Waals surface area contributed by atoms with Gasteiger partial charge in [-0.15, -0.1) is 0 Å². The molecule has 1 aromatic rings. The maximum atomic E-state index is 13.1. The van der Waals surface area contributed by atoms with Gasteiger partial charge in [0, 0.05) is 44.8 Å². The number of amides is 2. The van der Waals surface area contributed by atoms with E-state index in [1.807, 2.05) is 9.80 Å². The van der Waals surface area contributed by atoms with Crippen LogP contribution in [0.1, 0.15) is 77.9 Å². The monoisotopic (exact) mass is 404 g/mol. The molecule has 7 nitrogen and oxygen atoms in total. The quantitative estimate of drug-likeness (QED) is 0.697. The molecule has 3 rings (SSSR count). The van der Waals surface area contributed by atoms with Gasteiger partial charge in [0.1, 0.15) is 0 Å².